The highest BCUT2D eigenvalue weighted by Crippen LogP contribution is 2.30. The van der Waals surface area contributed by atoms with Gasteiger partial charge in [0.2, 0.25) is 0 Å². The van der Waals surface area contributed by atoms with E-state index in [1.165, 1.54) is 38.6 Å². The van der Waals surface area contributed by atoms with Gasteiger partial charge in [0.1, 0.15) is 0 Å². The fraction of sp³-hybridized carbons (Fsp3) is 1.00. The van der Waals surface area contributed by atoms with Gasteiger partial charge in [-0.15, -0.1) is 0 Å². The summed E-state index contributed by atoms with van der Waals surface area (Å²) in [6.45, 7) is 9.10. The molecular formula is C17H32F2N2. The van der Waals surface area contributed by atoms with Gasteiger partial charge in [-0.25, -0.2) is 8.78 Å². The Morgan fingerprint density at radius 3 is 2.10 bits per heavy atom. The number of rotatable bonds is 8. The molecule has 2 aliphatic heterocycles. The number of halogens is 2. The van der Waals surface area contributed by atoms with Crippen molar-refractivity contribution in [3.05, 3.63) is 0 Å². The van der Waals surface area contributed by atoms with Crippen molar-refractivity contribution in [2.24, 2.45) is 5.92 Å². The molecule has 0 atom stereocenters. The van der Waals surface area contributed by atoms with Crippen molar-refractivity contribution in [2.45, 2.75) is 70.8 Å². The molecule has 0 N–H and O–H groups in total. The highest BCUT2D eigenvalue weighted by atomic mass is 19.3. The largest absolute Gasteiger partial charge is 0.300 e. The molecule has 0 amide bonds. The van der Waals surface area contributed by atoms with Crippen LogP contribution in [0.4, 0.5) is 8.78 Å². The van der Waals surface area contributed by atoms with E-state index in [1.54, 1.807) is 0 Å². The molecule has 2 saturated heterocycles. The van der Waals surface area contributed by atoms with Gasteiger partial charge in [0, 0.05) is 45.1 Å². The van der Waals surface area contributed by atoms with Crippen LogP contribution in [0.2, 0.25) is 0 Å². The zero-order chi connectivity index (χ0) is 15.3. The Balaban J connectivity index is 1.61. The Morgan fingerprint density at radius 2 is 1.57 bits per heavy atom. The second-order valence-corrected chi connectivity index (χ2v) is 7.04. The van der Waals surface area contributed by atoms with E-state index in [0.29, 0.717) is 19.1 Å². The van der Waals surface area contributed by atoms with Crippen LogP contribution in [0, 0.1) is 5.92 Å². The molecule has 124 valence electrons. The normalized spacial score (nSPS) is 24.4. The van der Waals surface area contributed by atoms with Crippen molar-refractivity contribution >= 4 is 0 Å². The summed E-state index contributed by atoms with van der Waals surface area (Å²) in [6, 6.07) is 0.539. The van der Waals surface area contributed by atoms with Gasteiger partial charge in [0.15, 0.2) is 0 Å². The molecule has 2 rings (SSSR count). The standard InChI is InChI=1S/C17H32F2N2/c1-3-5-15(6-4-2)7-10-20-13-16(14-20)21-11-8-17(18,19)9-12-21/h15-16H,3-14H2,1-2H3. The third-order valence-electron chi connectivity index (χ3n) is 5.23. The van der Waals surface area contributed by atoms with E-state index in [2.05, 4.69) is 23.6 Å². The van der Waals surface area contributed by atoms with Gasteiger partial charge in [-0.05, 0) is 18.9 Å². The van der Waals surface area contributed by atoms with Crippen LogP contribution in [0.3, 0.4) is 0 Å². The molecule has 0 aromatic carbocycles. The first-order chi connectivity index (χ1) is 10.0. The Bertz CT molecular complexity index is 287. The molecular weight excluding hydrogens is 270 g/mol. The summed E-state index contributed by atoms with van der Waals surface area (Å²) in [5, 5.41) is 0. The van der Waals surface area contributed by atoms with E-state index in [0.717, 1.165) is 19.0 Å². The van der Waals surface area contributed by atoms with E-state index in [9.17, 15) is 8.78 Å². The Kier molecular flexibility index (Phi) is 6.42. The number of alkyl halides is 2. The monoisotopic (exact) mass is 302 g/mol. The number of hydrogen-bond acceptors (Lipinski definition) is 2. The lowest BCUT2D eigenvalue weighted by molar-refractivity contribution is -0.0801. The highest BCUT2D eigenvalue weighted by Gasteiger charge is 2.39. The molecule has 0 saturated carbocycles. The van der Waals surface area contributed by atoms with Crippen molar-refractivity contribution in [3.8, 4) is 0 Å². The minimum absolute atomic E-state index is 0.0541. The minimum atomic E-state index is -2.41. The summed E-state index contributed by atoms with van der Waals surface area (Å²) >= 11 is 0. The summed E-state index contributed by atoms with van der Waals surface area (Å²) in [6.07, 6.45) is 6.70. The predicted octanol–water partition coefficient (Wildman–Crippen LogP) is 4.01. The van der Waals surface area contributed by atoms with Gasteiger partial charge in [0.05, 0.1) is 0 Å². The van der Waals surface area contributed by atoms with Crippen LogP contribution in [0.15, 0.2) is 0 Å². The van der Waals surface area contributed by atoms with Crippen molar-refractivity contribution in [1.82, 2.24) is 9.80 Å². The second-order valence-electron chi connectivity index (χ2n) is 7.04. The lowest BCUT2D eigenvalue weighted by Crippen LogP contribution is -2.61. The van der Waals surface area contributed by atoms with Gasteiger partial charge in [-0.3, -0.25) is 4.90 Å². The zero-order valence-electron chi connectivity index (χ0n) is 13.8. The molecule has 21 heavy (non-hydrogen) atoms. The van der Waals surface area contributed by atoms with Gasteiger partial charge in [-0.2, -0.15) is 0 Å². The average molecular weight is 302 g/mol. The summed E-state index contributed by atoms with van der Waals surface area (Å²) < 4.78 is 26.3. The molecule has 0 radical (unpaired) electrons. The first-order valence-electron chi connectivity index (χ1n) is 8.88. The van der Waals surface area contributed by atoms with E-state index < -0.39 is 5.92 Å². The fourth-order valence-corrected chi connectivity index (χ4v) is 3.79. The maximum Gasteiger partial charge on any atom is 0.250 e. The summed E-state index contributed by atoms with van der Waals surface area (Å²) in [7, 11) is 0. The predicted molar refractivity (Wildman–Crippen MR) is 83.9 cm³/mol. The zero-order valence-corrected chi connectivity index (χ0v) is 13.8. The van der Waals surface area contributed by atoms with Crippen molar-refractivity contribution in [3.63, 3.8) is 0 Å². The molecule has 4 heteroatoms. The summed E-state index contributed by atoms with van der Waals surface area (Å²) in [5.74, 6) is -1.53. The van der Waals surface area contributed by atoms with Crippen LogP contribution in [0.1, 0.15) is 58.8 Å². The highest BCUT2D eigenvalue weighted by molar-refractivity contribution is 4.91. The van der Waals surface area contributed by atoms with E-state index in [-0.39, 0.29) is 12.8 Å². The van der Waals surface area contributed by atoms with Crippen LogP contribution in [-0.4, -0.2) is 54.5 Å². The van der Waals surface area contributed by atoms with Gasteiger partial charge in [-0.1, -0.05) is 39.5 Å². The Labute approximate surface area is 128 Å². The Morgan fingerprint density at radius 1 is 1.00 bits per heavy atom. The first-order valence-corrected chi connectivity index (χ1v) is 8.88. The van der Waals surface area contributed by atoms with Crippen LogP contribution in [0.5, 0.6) is 0 Å². The molecule has 0 aromatic heterocycles. The van der Waals surface area contributed by atoms with Gasteiger partial charge < -0.3 is 4.90 Å². The maximum absolute atomic E-state index is 13.2. The van der Waals surface area contributed by atoms with Crippen LogP contribution in [-0.2, 0) is 0 Å². The number of piperidine rings is 1. The molecule has 0 aliphatic carbocycles. The Hall–Kier alpha value is -0.220. The van der Waals surface area contributed by atoms with Crippen LogP contribution < -0.4 is 0 Å². The van der Waals surface area contributed by atoms with Crippen LogP contribution in [0.25, 0.3) is 0 Å². The smallest absolute Gasteiger partial charge is 0.250 e. The molecule has 0 spiro atoms. The topological polar surface area (TPSA) is 6.48 Å². The second kappa shape index (κ2) is 7.87. The quantitative estimate of drug-likeness (QED) is 0.668. The summed E-state index contributed by atoms with van der Waals surface area (Å²) in [5.41, 5.74) is 0. The van der Waals surface area contributed by atoms with Crippen molar-refractivity contribution in [2.75, 3.05) is 32.7 Å². The molecule has 0 bridgehead atoms. The lowest BCUT2D eigenvalue weighted by Gasteiger charge is -2.48. The van der Waals surface area contributed by atoms with E-state index in [1.807, 2.05) is 0 Å². The number of hydrogen-bond donors (Lipinski definition) is 0. The van der Waals surface area contributed by atoms with Crippen molar-refractivity contribution < 1.29 is 8.78 Å². The molecule has 2 fully saturated rings. The molecule has 2 aliphatic rings. The minimum Gasteiger partial charge on any atom is -0.300 e. The molecule has 0 aromatic rings. The third-order valence-corrected chi connectivity index (χ3v) is 5.23. The van der Waals surface area contributed by atoms with E-state index >= 15 is 0 Å². The van der Waals surface area contributed by atoms with Crippen LogP contribution >= 0.6 is 0 Å². The van der Waals surface area contributed by atoms with Crippen molar-refractivity contribution in [1.29, 1.82) is 0 Å². The number of nitrogens with zero attached hydrogens (tertiary/aromatic N) is 2. The van der Waals surface area contributed by atoms with Gasteiger partial charge >= 0.3 is 0 Å². The lowest BCUT2D eigenvalue weighted by atomic mass is 9.93. The molecule has 2 nitrogen and oxygen atoms in total. The maximum atomic E-state index is 13.2. The fourth-order valence-electron chi connectivity index (χ4n) is 3.79. The third kappa shape index (κ3) is 5.17. The molecule has 2 heterocycles. The molecule has 0 unspecified atom stereocenters. The SMILES string of the molecule is CCCC(CCC)CCN1CC(N2CCC(F)(F)CC2)C1. The first kappa shape index (κ1) is 17.1. The number of likely N-dealkylation sites (tertiary alicyclic amines) is 2. The summed E-state index contributed by atoms with van der Waals surface area (Å²) in [4.78, 5) is 4.79. The van der Waals surface area contributed by atoms with Gasteiger partial charge in [0.25, 0.3) is 5.92 Å². The van der Waals surface area contributed by atoms with E-state index in [4.69, 9.17) is 0 Å². The average Bonchev–Trinajstić information content (AvgIpc) is 2.39.